The zero-order chi connectivity index (χ0) is 21.5. The van der Waals surface area contributed by atoms with Crippen LogP contribution in [0.5, 0.6) is 17.2 Å². The average molecular weight is 416 g/mol. The van der Waals surface area contributed by atoms with Crippen molar-refractivity contribution < 1.29 is 23.4 Å². The summed E-state index contributed by atoms with van der Waals surface area (Å²) in [6, 6.07) is 10.2. The molecule has 0 spiro atoms. The second-order valence-corrected chi connectivity index (χ2v) is 7.45. The number of carbonyl (C=O) groups is 1. The first-order chi connectivity index (χ1) is 14.5. The summed E-state index contributed by atoms with van der Waals surface area (Å²) >= 11 is 0. The Morgan fingerprint density at radius 2 is 1.73 bits per heavy atom. The van der Waals surface area contributed by atoms with Gasteiger partial charge in [0.05, 0.1) is 27.2 Å². The molecule has 1 N–H and O–H groups in total. The van der Waals surface area contributed by atoms with Crippen LogP contribution in [0.3, 0.4) is 0 Å². The van der Waals surface area contributed by atoms with Gasteiger partial charge in [-0.15, -0.1) is 0 Å². The van der Waals surface area contributed by atoms with Crippen molar-refractivity contribution in [1.29, 1.82) is 0 Å². The number of ether oxygens (including phenoxy) is 3. The molecule has 0 aliphatic carbocycles. The molecule has 1 saturated heterocycles. The zero-order valence-electron chi connectivity index (χ0n) is 17.7. The summed E-state index contributed by atoms with van der Waals surface area (Å²) < 4.78 is 29.2. The molecule has 1 aliphatic heterocycles. The third kappa shape index (κ3) is 5.42. The van der Waals surface area contributed by atoms with Crippen molar-refractivity contribution in [3.63, 3.8) is 0 Å². The summed E-state index contributed by atoms with van der Waals surface area (Å²) in [7, 11) is 4.69. The lowest BCUT2D eigenvalue weighted by Gasteiger charge is -2.32. The van der Waals surface area contributed by atoms with Crippen LogP contribution in [0.15, 0.2) is 36.4 Å². The van der Waals surface area contributed by atoms with Crippen LogP contribution < -0.4 is 19.5 Å². The molecule has 1 aliphatic rings. The van der Waals surface area contributed by atoms with E-state index < -0.39 is 0 Å². The third-order valence-electron chi connectivity index (χ3n) is 5.39. The van der Waals surface area contributed by atoms with Crippen molar-refractivity contribution in [2.45, 2.75) is 25.9 Å². The Labute approximate surface area is 176 Å². The first-order valence-corrected chi connectivity index (χ1v) is 10.1. The molecule has 6 nitrogen and oxygen atoms in total. The molecule has 0 bridgehead atoms. The summed E-state index contributed by atoms with van der Waals surface area (Å²) in [6.45, 7) is 2.73. The lowest BCUT2D eigenvalue weighted by Crippen LogP contribution is -2.42. The molecule has 162 valence electrons. The Kier molecular flexibility index (Phi) is 7.52. The number of methoxy groups -OCH3 is 3. The lowest BCUT2D eigenvalue weighted by atomic mass is 9.96. The number of amides is 1. The minimum Gasteiger partial charge on any atom is -0.493 e. The van der Waals surface area contributed by atoms with Crippen LogP contribution in [0.25, 0.3) is 0 Å². The number of benzene rings is 2. The second-order valence-electron chi connectivity index (χ2n) is 7.45. The molecule has 0 saturated carbocycles. The molecule has 3 rings (SSSR count). The number of carbonyl (C=O) groups excluding carboxylic acids is 1. The number of hydrogen-bond acceptors (Lipinski definition) is 5. The number of hydrogen-bond donors (Lipinski definition) is 1. The maximum absolute atomic E-state index is 13.1. The Bertz CT molecular complexity index is 832. The number of likely N-dealkylation sites (tertiary alicyclic amines) is 1. The van der Waals surface area contributed by atoms with Gasteiger partial charge in [0.15, 0.2) is 11.5 Å². The first kappa shape index (κ1) is 21.9. The van der Waals surface area contributed by atoms with Crippen LogP contribution in [-0.4, -0.2) is 45.2 Å². The molecule has 30 heavy (non-hydrogen) atoms. The SMILES string of the molecule is COc1cc(CNC(=O)C2CCCN(Cc3ccc(F)cc3)C2)cc(OC)c1OC. The first-order valence-electron chi connectivity index (χ1n) is 10.1. The number of rotatable bonds is 8. The quantitative estimate of drug-likeness (QED) is 0.715. The molecular formula is C23H29FN2O4. The lowest BCUT2D eigenvalue weighted by molar-refractivity contribution is -0.126. The molecule has 7 heteroatoms. The molecule has 1 amide bonds. The van der Waals surface area contributed by atoms with E-state index in [9.17, 15) is 9.18 Å². The molecule has 1 atom stereocenters. The van der Waals surface area contributed by atoms with Crippen molar-refractivity contribution in [2.24, 2.45) is 5.92 Å². The van der Waals surface area contributed by atoms with E-state index in [1.54, 1.807) is 33.5 Å². The highest BCUT2D eigenvalue weighted by Gasteiger charge is 2.26. The van der Waals surface area contributed by atoms with E-state index >= 15 is 0 Å². The highest BCUT2D eigenvalue weighted by molar-refractivity contribution is 5.79. The number of nitrogens with zero attached hydrogens (tertiary/aromatic N) is 1. The highest BCUT2D eigenvalue weighted by atomic mass is 19.1. The Morgan fingerprint density at radius 3 is 2.33 bits per heavy atom. The second kappa shape index (κ2) is 10.3. The third-order valence-corrected chi connectivity index (χ3v) is 5.39. The molecule has 0 radical (unpaired) electrons. The van der Waals surface area contributed by atoms with Gasteiger partial charge in [-0.05, 0) is 54.8 Å². The Balaban J connectivity index is 1.58. The van der Waals surface area contributed by atoms with Gasteiger partial charge in [0.1, 0.15) is 5.82 Å². The van der Waals surface area contributed by atoms with E-state index in [0.717, 1.165) is 37.1 Å². The predicted octanol–water partition coefficient (Wildman–Crippen LogP) is 3.38. The molecule has 1 heterocycles. The molecule has 0 aromatic heterocycles. The molecule has 2 aromatic rings. The van der Waals surface area contributed by atoms with E-state index in [1.165, 1.54) is 12.1 Å². The fourth-order valence-electron chi connectivity index (χ4n) is 3.83. The van der Waals surface area contributed by atoms with E-state index in [4.69, 9.17) is 14.2 Å². The minimum absolute atomic E-state index is 0.0348. The van der Waals surface area contributed by atoms with Gasteiger partial charge in [-0.3, -0.25) is 9.69 Å². The van der Waals surface area contributed by atoms with Crippen LogP contribution in [0, 0.1) is 11.7 Å². The van der Waals surface area contributed by atoms with Gasteiger partial charge in [-0.25, -0.2) is 4.39 Å². The minimum atomic E-state index is -0.235. The van der Waals surface area contributed by atoms with Crippen molar-refractivity contribution in [3.05, 3.63) is 53.3 Å². The summed E-state index contributed by atoms with van der Waals surface area (Å²) in [6.07, 6.45) is 1.82. The fourth-order valence-corrected chi connectivity index (χ4v) is 3.83. The van der Waals surface area contributed by atoms with Crippen LogP contribution in [0.4, 0.5) is 4.39 Å². The van der Waals surface area contributed by atoms with Crippen LogP contribution in [-0.2, 0) is 17.9 Å². The number of halogens is 1. The van der Waals surface area contributed by atoms with Crippen molar-refractivity contribution >= 4 is 5.91 Å². The topological polar surface area (TPSA) is 60.0 Å². The summed E-state index contributed by atoms with van der Waals surface area (Å²) in [5.41, 5.74) is 1.92. The van der Waals surface area contributed by atoms with Gasteiger partial charge >= 0.3 is 0 Å². The fraction of sp³-hybridized carbons (Fsp3) is 0.435. The molecule has 2 aromatic carbocycles. The zero-order valence-corrected chi connectivity index (χ0v) is 17.7. The van der Waals surface area contributed by atoms with Crippen LogP contribution in [0.2, 0.25) is 0 Å². The highest BCUT2D eigenvalue weighted by Crippen LogP contribution is 2.38. The predicted molar refractivity (Wildman–Crippen MR) is 112 cm³/mol. The number of piperidine rings is 1. The smallest absolute Gasteiger partial charge is 0.224 e. The molecule has 1 unspecified atom stereocenters. The maximum Gasteiger partial charge on any atom is 0.224 e. The van der Waals surface area contributed by atoms with Gasteiger partial charge in [-0.2, -0.15) is 0 Å². The molecule has 1 fully saturated rings. The van der Waals surface area contributed by atoms with Crippen molar-refractivity contribution in [3.8, 4) is 17.2 Å². The summed E-state index contributed by atoms with van der Waals surface area (Å²) in [5, 5.41) is 3.03. The standard InChI is InChI=1S/C23H29FN2O4/c1-28-20-11-17(12-21(29-2)22(20)30-3)13-25-23(27)18-5-4-10-26(15-18)14-16-6-8-19(24)9-7-16/h6-9,11-12,18H,4-5,10,13-15H2,1-3H3,(H,25,27). The van der Waals surface area contributed by atoms with E-state index in [2.05, 4.69) is 10.2 Å². The Hall–Kier alpha value is -2.80. The maximum atomic E-state index is 13.1. The van der Waals surface area contributed by atoms with Crippen LogP contribution in [0.1, 0.15) is 24.0 Å². The Morgan fingerprint density at radius 1 is 1.07 bits per heavy atom. The van der Waals surface area contributed by atoms with E-state index in [1.807, 2.05) is 12.1 Å². The normalized spacial score (nSPS) is 16.7. The van der Waals surface area contributed by atoms with Crippen LogP contribution >= 0.6 is 0 Å². The van der Waals surface area contributed by atoms with E-state index in [-0.39, 0.29) is 17.6 Å². The van der Waals surface area contributed by atoms with Gasteiger partial charge < -0.3 is 19.5 Å². The van der Waals surface area contributed by atoms with Crippen molar-refractivity contribution in [2.75, 3.05) is 34.4 Å². The summed E-state index contributed by atoms with van der Waals surface area (Å²) in [5.74, 6) is 1.38. The largest absolute Gasteiger partial charge is 0.493 e. The average Bonchev–Trinajstić information content (AvgIpc) is 2.78. The van der Waals surface area contributed by atoms with Gasteiger partial charge in [0.2, 0.25) is 11.7 Å². The van der Waals surface area contributed by atoms with Gasteiger partial charge in [0.25, 0.3) is 0 Å². The van der Waals surface area contributed by atoms with Crippen molar-refractivity contribution in [1.82, 2.24) is 10.2 Å². The monoisotopic (exact) mass is 416 g/mol. The molecular weight excluding hydrogens is 387 g/mol. The summed E-state index contributed by atoms with van der Waals surface area (Å²) in [4.78, 5) is 15.0. The van der Waals surface area contributed by atoms with Gasteiger partial charge in [0, 0.05) is 19.6 Å². The number of nitrogens with one attached hydrogen (secondary N) is 1. The van der Waals surface area contributed by atoms with E-state index in [0.29, 0.717) is 30.3 Å². The van der Waals surface area contributed by atoms with Gasteiger partial charge in [-0.1, -0.05) is 12.1 Å².